The van der Waals surface area contributed by atoms with E-state index in [1.807, 2.05) is 37.3 Å². The van der Waals surface area contributed by atoms with Crippen molar-refractivity contribution in [1.29, 1.82) is 0 Å². The van der Waals surface area contributed by atoms with Crippen LogP contribution in [0.1, 0.15) is 21.6 Å². The molecule has 0 fully saturated rings. The molecule has 0 atom stereocenters. The third-order valence-electron chi connectivity index (χ3n) is 5.43. The van der Waals surface area contributed by atoms with Gasteiger partial charge < -0.3 is 14.8 Å². The number of pyridine rings is 1. The van der Waals surface area contributed by atoms with E-state index in [0.717, 1.165) is 11.1 Å². The van der Waals surface area contributed by atoms with E-state index >= 15 is 0 Å². The summed E-state index contributed by atoms with van der Waals surface area (Å²) in [6.07, 6.45) is 0.418. The van der Waals surface area contributed by atoms with E-state index in [1.165, 1.54) is 13.2 Å². The van der Waals surface area contributed by atoms with E-state index in [0.29, 0.717) is 41.0 Å². The Kier molecular flexibility index (Phi) is 6.72. The Balaban J connectivity index is 1.57. The summed E-state index contributed by atoms with van der Waals surface area (Å²) in [5, 5.41) is 8.04. The predicted molar refractivity (Wildman–Crippen MR) is 124 cm³/mol. The quantitative estimate of drug-likeness (QED) is 0.413. The van der Waals surface area contributed by atoms with Crippen molar-refractivity contribution in [2.45, 2.75) is 20.0 Å². The van der Waals surface area contributed by atoms with Gasteiger partial charge in [-0.3, -0.25) is 9.48 Å². The number of alkyl halides is 2. The number of nitrogens with zero attached hydrogens (tertiary/aromatic N) is 3. The maximum atomic E-state index is 13.2. The molecule has 1 N–H and O–H groups in total. The molecule has 34 heavy (non-hydrogen) atoms. The summed E-state index contributed by atoms with van der Waals surface area (Å²) in [6.45, 7) is -0.826. The molecule has 0 spiro atoms. The molecule has 0 bridgehead atoms. The van der Waals surface area contributed by atoms with Gasteiger partial charge >= 0.3 is 6.61 Å². The number of carbonyl (C=O) groups is 1. The summed E-state index contributed by atoms with van der Waals surface area (Å²) in [5.74, 6) is -0.0957. The van der Waals surface area contributed by atoms with Crippen molar-refractivity contribution in [2.75, 3.05) is 13.7 Å². The monoisotopic (exact) mass is 466 g/mol. The van der Waals surface area contributed by atoms with Crippen LogP contribution in [0.4, 0.5) is 8.78 Å². The summed E-state index contributed by atoms with van der Waals surface area (Å²) in [7, 11) is 3.18. The van der Waals surface area contributed by atoms with Gasteiger partial charge in [0.15, 0.2) is 17.1 Å². The van der Waals surface area contributed by atoms with Crippen molar-refractivity contribution in [3.05, 3.63) is 71.4 Å². The molecular weight excluding hydrogens is 442 g/mol. The molecule has 0 radical (unpaired) electrons. The summed E-state index contributed by atoms with van der Waals surface area (Å²) in [6, 6.07) is 16.2. The maximum Gasteiger partial charge on any atom is 0.387 e. The molecule has 176 valence electrons. The molecule has 0 aliphatic carbocycles. The zero-order chi connectivity index (χ0) is 24.2. The molecule has 1 amide bonds. The van der Waals surface area contributed by atoms with Crippen molar-refractivity contribution < 1.29 is 23.0 Å². The van der Waals surface area contributed by atoms with Gasteiger partial charge in [0.2, 0.25) is 0 Å². The Bertz CT molecular complexity index is 1320. The van der Waals surface area contributed by atoms with Crippen molar-refractivity contribution in [3.63, 3.8) is 0 Å². The van der Waals surface area contributed by atoms with E-state index in [4.69, 9.17) is 9.72 Å². The number of hydrogen-bond donors (Lipinski definition) is 1. The van der Waals surface area contributed by atoms with Gasteiger partial charge in [-0.2, -0.15) is 13.9 Å². The number of nitrogens with one attached hydrogen (secondary N) is 1. The number of benzene rings is 2. The number of amides is 1. The number of rotatable bonds is 8. The van der Waals surface area contributed by atoms with Crippen LogP contribution in [-0.4, -0.2) is 40.9 Å². The largest absolute Gasteiger partial charge is 0.493 e. The first-order valence-corrected chi connectivity index (χ1v) is 10.7. The molecule has 2 heterocycles. The van der Waals surface area contributed by atoms with Crippen molar-refractivity contribution in [1.82, 2.24) is 20.1 Å². The molecule has 0 aliphatic rings. The van der Waals surface area contributed by atoms with E-state index in [9.17, 15) is 13.6 Å². The third kappa shape index (κ3) is 4.83. The van der Waals surface area contributed by atoms with Crippen LogP contribution in [0.5, 0.6) is 11.5 Å². The zero-order valence-corrected chi connectivity index (χ0v) is 19.0. The Labute approximate surface area is 195 Å². The van der Waals surface area contributed by atoms with Crippen LogP contribution in [0.15, 0.2) is 54.6 Å². The lowest BCUT2D eigenvalue weighted by Crippen LogP contribution is -2.26. The zero-order valence-electron chi connectivity index (χ0n) is 19.0. The molecular formula is C25H24F2N4O3. The van der Waals surface area contributed by atoms with E-state index in [2.05, 4.69) is 15.2 Å². The van der Waals surface area contributed by atoms with Gasteiger partial charge in [-0.25, -0.2) is 4.98 Å². The molecule has 0 saturated carbocycles. The summed E-state index contributed by atoms with van der Waals surface area (Å²) >= 11 is 0. The molecule has 0 saturated heterocycles. The second-order valence-electron chi connectivity index (χ2n) is 7.70. The number of carbonyl (C=O) groups excluding carboxylic acids is 1. The Morgan fingerprint density at radius 1 is 1.12 bits per heavy atom. The first-order valence-electron chi connectivity index (χ1n) is 10.7. The fourth-order valence-corrected chi connectivity index (χ4v) is 3.86. The van der Waals surface area contributed by atoms with Crippen LogP contribution >= 0.6 is 0 Å². The average molecular weight is 466 g/mol. The molecule has 9 heteroatoms. The van der Waals surface area contributed by atoms with Gasteiger partial charge in [-0.1, -0.05) is 36.4 Å². The predicted octanol–water partition coefficient (Wildman–Crippen LogP) is 4.53. The normalized spacial score (nSPS) is 11.1. The first-order chi connectivity index (χ1) is 16.4. The summed E-state index contributed by atoms with van der Waals surface area (Å²) < 4.78 is 36.6. The first kappa shape index (κ1) is 23.2. The van der Waals surface area contributed by atoms with E-state index < -0.39 is 6.61 Å². The van der Waals surface area contributed by atoms with Gasteiger partial charge in [0, 0.05) is 19.2 Å². The van der Waals surface area contributed by atoms with Gasteiger partial charge in [0.1, 0.15) is 0 Å². The average Bonchev–Trinajstić information content (AvgIpc) is 3.12. The topological polar surface area (TPSA) is 78.3 Å². The summed E-state index contributed by atoms with van der Waals surface area (Å²) in [5.41, 5.74) is 4.09. The number of methoxy groups -OCH3 is 1. The van der Waals surface area contributed by atoms with Gasteiger partial charge in [-0.05, 0) is 37.1 Å². The highest BCUT2D eigenvalue weighted by Gasteiger charge is 2.19. The lowest BCUT2D eigenvalue weighted by atomic mass is 10.0. The van der Waals surface area contributed by atoms with E-state index in [-0.39, 0.29) is 17.4 Å². The van der Waals surface area contributed by atoms with Crippen LogP contribution in [0.3, 0.4) is 0 Å². The number of hydrogen-bond acceptors (Lipinski definition) is 5. The van der Waals surface area contributed by atoms with Crippen molar-refractivity contribution in [2.24, 2.45) is 7.05 Å². The fourth-order valence-electron chi connectivity index (χ4n) is 3.86. The molecule has 7 nitrogen and oxygen atoms in total. The SMILES string of the molecule is COc1ccc(CCNC(=O)c2cc(-c3ccccc3)nc3c2c(C)nn3C)cc1OC(F)F. The number of ether oxygens (including phenoxy) is 2. The van der Waals surface area contributed by atoms with Gasteiger partial charge in [0.25, 0.3) is 5.91 Å². The summed E-state index contributed by atoms with van der Waals surface area (Å²) in [4.78, 5) is 17.9. The second kappa shape index (κ2) is 9.86. The fraction of sp³-hybridized carbons (Fsp3) is 0.240. The van der Waals surface area contributed by atoms with Crippen LogP contribution in [0, 0.1) is 6.92 Å². The van der Waals surface area contributed by atoms with Crippen LogP contribution in [0.2, 0.25) is 0 Å². The Morgan fingerprint density at radius 2 is 1.88 bits per heavy atom. The van der Waals surface area contributed by atoms with Crippen molar-refractivity contribution in [3.8, 4) is 22.8 Å². The molecule has 4 aromatic rings. The van der Waals surface area contributed by atoms with E-state index in [1.54, 1.807) is 29.9 Å². The van der Waals surface area contributed by atoms with Crippen LogP contribution < -0.4 is 14.8 Å². The highest BCUT2D eigenvalue weighted by molar-refractivity contribution is 6.07. The number of halogens is 2. The molecule has 4 rings (SSSR count). The number of aryl methyl sites for hydroxylation is 2. The highest BCUT2D eigenvalue weighted by Crippen LogP contribution is 2.30. The third-order valence-corrected chi connectivity index (χ3v) is 5.43. The number of fused-ring (bicyclic) bond motifs is 1. The second-order valence-corrected chi connectivity index (χ2v) is 7.70. The maximum absolute atomic E-state index is 13.2. The lowest BCUT2D eigenvalue weighted by Gasteiger charge is -2.12. The Hall–Kier alpha value is -4.01. The smallest absolute Gasteiger partial charge is 0.387 e. The van der Waals surface area contributed by atoms with Crippen LogP contribution in [-0.2, 0) is 13.5 Å². The van der Waals surface area contributed by atoms with Gasteiger partial charge in [0.05, 0.1) is 29.4 Å². The molecule has 0 unspecified atom stereocenters. The Morgan fingerprint density at radius 3 is 2.59 bits per heavy atom. The minimum atomic E-state index is -2.96. The van der Waals surface area contributed by atoms with Crippen LogP contribution in [0.25, 0.3) is 22.3 Å². The molecule has 2 aromatic carbocycles. The van der Waals surface area contributed by atoms with Crippen molar-refractivity contribution >= 4 is 16.9 Å². The molecule has 2 aromatic heterocycles. The standard InChI is InChI=1S/C25H24F2N4O3/c1-15-22-18(14-19(17-7-5-4-6-8-17)29-23(22)31(2)30-15)24(32)28-12-11-16-9-10-20(33-3)21(13-16)34-25(26)27/h4-10,13-14,25H,11-12H2,1-3H3,(H,28,32). The number of aromatic nitrogens is 3. The molecule has 0 aliphatic heterocycles. The van der Waals surface area contributed by atoms with Gasteiger partial charge in [-0.15, -0.1) is 0 Å². The minimum Gasteiger partial charge on any atom is -0.493 e. The lowest BCUT2D eigenvalue weighted by molar-refractivity contribution is -0.0512. The highest BCUT2D eigenvalue weighted by atomic mass is 19.3. The minimum absolute atomic E-state index is 0.0457.